The van der Waals surface area contributed by atoms with E-state index in [1.54, 1.807) is 37.4 Å². The maximum Gasteiger partial charge on any atom is 0.167 e. The number of nitrogens with zero attached hydrogens (tertiary/aromatic N) is 1. The minimum atomic E-state index is -0.111. The van der Waals surface area contributed by atoms with Crippen molar-refractivity contribution in [3.8, 4) is 17.6 Å². The molecule has 0 heterocycles. The van der Waals surface area contributed by atoms with Crippen LogP contribution >= 0.6 is 0 Å². The third kappa shape index (κ3) is 3.08. The summed E-state index contributed by atoms with van der Waals surface area (Å²) in [6.45, 7) is 0.235. The Morgan fingerprint density at radius 1 is 1.15 bits per heavy atom. The van der Waals surface area contributed by atoms with Gasteiger partial charge in [-0.25, -0.2) is 0 Å². The lowest BCUT2D eigenvalue weighted by molar-refractivity contribution is 0.250. The second-order valence-electron chi connectivity index (χ2n) is 4.20. The lowest BCUT2D eigenvalue weighted by Crippen LogP contribution is -2.01. The zero-order valence-corrected chi connectivity index (χ0v) is 11.2. The Labute approximate surface area is 117 Å². The zero-order valence-electron chi connectivity index (χ0n) is 11.2. The van der Waals surface area contributed by atoms with Crippen molar-refractivity contribution in [3.05, 3.63) is 59.2 Å². The second kappa shape index (κ2) is 6.60. The lowest BCUT2D eigenvalue weighted by Gasteiger charge is -2.14. The van der Waals surface area contributed by atoms with E-state index in [0.717, 1.165) is 5.56 Å². The fourth-order valence-corrected chi connectivity index (χ4v) is 1.84. The Hall–Kier alpha value is -2.51. The Kier molecular flexibility index (Phi) is 4.59. The van der Waals surface area contributed by atoms with Gasteiger partial charge in [0.15, 0.2) is 11.5 Å². The fraction of sp³-hybridized carbons (Fsp3) is 0.188. The highest BCUT2D eigenvalue weighted by molar-refractivity contribution is 5.46. The van der Waals surface area contributed by atoms with Crippen LogP contribution in [0.25, 0.3) is 0 Å². The summed E-state index contributed by atoms with van der Waals surface area (Å²) in [7, 11) is 1.56. The minimum Gasteiger partial charge on any atom is -0.493 e. The van der Waals surface area contributed by atoms with Crippen LogP contribution in [0.15, 0.2) is 42.5 Å². The van der Waals surface area contributed by atoms with E-state index < -0.39 is 0 Å². The SMILES string of the molecule is COc1cccc(CO)c1OCc1ccc(C#N)cc1. The number of hydrogen-bond donors (Lipinski definition) is 1. The number of aliphatic hydroxyl groups excluding tert-OH is 1. The molecule has 0 atom stereocenters. The molecule has 0 aliphatic carbocycles. The average molecular weight is 269 g/mol. The van der Waals surface area contributed by atoms with Crippen LogP contribution in [0, 0.1) is 11.3 Å². The molecule has 0 saturated carbocycles. The summed E-state index contributed by atoms with van der Waals surface area (Å²) in [6.07, 6.45) is 0. The molecule has 0 unspecified atom stereocenters. The van der Waals surface area contributed by atoms with Crippen LogP contribution in [-0.4, -0.2) is 12.2 Å². The van der Waals surface area contributed by atoms with Gasteiger partial charge in [-0.05, 0) is 23.8 Å². The topological polar surface area (TPSA) is 62.5 Å². The Morgan fingerprint density at radius 2 is 1.90 bits per heavy atom. The van der Waals surface area contributed by atoms with E-state index in [4.69, 9.17) is 14.7 Å². The van der Waals surface area contributed by atoms with Crippen molar-refractivity contribution in [1.29, 1.82) is 5.26 Å². The molecule has 0 aliphatic rings. The number of para-hydroxylation sites is 1. The van der Waals surface area contributed by atoms with Gasteiger partial charge in [0.25, 0.3) is 0 Å². The smallest absolute Gasteiger partial charge is 0.167 e. The highest BCUT2D eigenvalue weighted by Crippen LogP contribution is 2.31. The van der Waals surface area contributed by atoms with E-state index in [-0.39, 0.29) is 6.61 Å². The Bertz CT molecular complexity index is 592. The molecule has 4 heteroatoms. The van der Waals surface area contributed by atoms with Gasteiger partial charge >= 0.3 is 0 Å². The largest absolute Gasteiger partial charge is 0.493 e. The van der Waals surface area contributed by atoms with Gasteiger partial charge in [-0.15, -0.1) is 0 Å². The predicted molar refractivity (Wildman–Crippen MR) is 74.4 cm³/mol. The predicted octanol–water partition coefficient (Wildman–Crippen LogP) is 2.64. The summed E-state index contributed by atoms with van der Waals surface area (Å²) >= 11 is 0. The van der Waals surface area contributed by atoms with Crippen molar-refractivity contribution >= 4 is 0 Å². The quantitative estimate of drug-likeness (QED) is 0.906. The van der Waals surface area contributed by atoms with Crippen LogP contribution < -0.4 is 9.47 Å². The van der Waals surface area contributed by atoms with Gasteiger partial charge in [-0.2, -0.15) is 5.26 Å². The molecule has 2 rings (SSSR count). The van der Waals surface area contributed by atoms with Gasteiger partial charge in [0.05, 0.1) is 25.3 Å². The molecule has 2 aromatic rings. The molecule has 0 fully saturated rings. The second-order valence-corrected chi connectivity index (χ2v) is 4.20. The van der Waals surface area contributed by atoms with Crippen LogP contribution in [-0.2, 0) is 13.2 Å². The first kappa shape index (κ1) is 13.9. The number of rotatable bonds is 5. The van der Waals surface area contributed by atoms with Crippen molar-refractivity contribution in [2.45, 2.75) is 13.2 Å². The van der Waals surface area contributed by atoms with Gasteiger partial charge < -0.3 is 14.6 Å². The monoisotopic (exact) mass is 269 g/mol. The first-order valence-electron chi connectivity index (χ1n) is 6.17. The van der Waals surface area contributed by atoms with E-state index >= 15 is 0 Å². The van der Waals surface area contributed by atoms with Crippen molar-refractivity contribution in [1.82, 2.24) is 0 Å². The number of hydrogen-bond acceptors (Lipinski definition) is 4. The highest BCUT2D eigenvalue weighted by Gasteiger charge is 2.10. The third-order valence-electron chi connectivity index (χ3n) is 2.92. The van der Waals surface area contributed by atoms with Gasteiger partial charge in [0.2, 0.25) is 0 Å². The summed E-state index contributed by atoms with van der Waals surface area (Å²) < 4.78 is 11.0. The number of methoxy groups -OCH3 is 1. The van der Waals surface area contributed by atoms with Gasteiger partial charge in [0, 0.05) is 5.56 Å². The Morgan fingerprint density at radius 3 is 2.50 bits per heavy atom. The van der Waals surface area contributed by atoms with Crippen molar-refractivity contribution < 1.29 is 14.6 Å². The maximum atomic E-state index is 9.33. The molecule has 1 N–H and O–H groups in total. The standard InChI is InChI=1S/C16H15NO3/c1-19-15-4-2-3-14(10-18)16(15)20-11-13-7-5-12(9-17)6-8-13/h2-8,18H,10-11H2,1H3. The molecule has 102 valence electrons. The van der Waals surface area contributed by atoms with E-state index in [1.165, 1.54) is 0 Å². The molecule has 2 aromatic carbocycles. The third-order valence-corrected chi connectivity index (χ3v) is 2.92. The van der Waals surface area contributed by atoms with Crippen molar-refractivity contribution in [3.63, 3.8) is 0 Å². The first-order chi connectivity index (χ1) is 9.78. The summed E-state index contributed by atoms with van der Waals surface area (Å²) in [6, 6.07) is 14.6. The zero-order chi connectivity index (χ0) is 14.4. The molecule has 0 amide bonds. The van der Waals surface area contributed by atoms with Crippen LogP contribution in [0.1, 0.15) is 16.7 Å². The molecule has 0 spiro atoms. The van der Waals surface area contributed by atoms with E-state index in [2.05, 4.69) is 6.07 Å². The minimum absolute atomic E-state index is 0.111. The summed E-state index contributed by atoms with van der Waals surface area (Å²) in [5.41, 5.74) is 2.24. The van der Waals surface area contributed by atoms with Crippen LogP contribution in [0.3, 0.4) is 0 Å². The normalized spacial score (nSPS) is 9.85. The Balaban J connectivity index is 2.15. The average Bonchev–Trinajstić information content (AvgIpc) is 2.52. The fourth-order valence-electron chi connectivity index (χ4n) is 1.84. The molecular weight excluding hydrogens is 254 g/mol. The summed E-state index contributed by atoms with van der Waals surface area (Å²) in [5.74, 6) is 1.13. The maximum absolute atomic E-state index is 9.33. The molecule has 4 nitrogen and oxygen atoms in total. The van der Waals surface area contributed by atoms with Crippen molar-refractivity contribution in [2.75, 3.05) is 7.11 Å². The molecule has 0 saturated heterocycles. The van der Waals surface area contributed by atoms with E-state index in [1.807, 2.05) is 12.1 Å². The first-order valence-corrected chi connectivity index (χ1v) is 6.17. The van der Waals surface area contributed by atoms with Crippen LogP contribution in [0.2, 0.25) is 0 Å². The van der Waals surface area contributed by atoms with E-state index in [0.29, 0.717) is 29.2 Å². The molecule has 0 aliphatic heterocycles. The molecule has 20 heavy (non-hydrogen) atoms. The van der Waals surface area contributed by atoms with Crippen molar-refractivity contribution in [2.24, 2.45) is 0 Å². The van der Waals surface area contributed by atoms with Gasteiger partial charge in [-0.1, -0.05) is 24.3 Å². The number of nitriles is 1. The molecular formula is C16H15NO3. The molecule has 0 aromatic heterocycles. The van der Waals surface area contributed by atoms with Gasteiger partial charge in [-0.3, -0.25) is 0 Å². The summed E-state index contributed by atoms with van der Waals surface area (Å²) in [4.78, 5) is 0. The van der Waals surface area contributed by atoms with Crippen LogP contribution in [0.5, 0.6) is 11.5 Å². The summed E-state index contributed by atoms with van der Waals surface area (Å²) in [5, 5.41) is 18.1. The lowest BCUT2D eigenvalue weighted by atomic mass is 10.1. The molecule has 0 radical (unpaired) electrons. The highest BCUT2D eigenvalue weighted by atomic mass is 16.5. The number of ether oxygens (including phenoxy) is 2. The number of aliphatic hydroxyl groups is 1. The van der Waals surface area contributed by atoms with E-state index in [9.17, 15) is 5.11 Å². The van der Waals surface area contributed by atoms with Crippen LogP contribution in [0.4, 0.5) is 0 Å². The number of benzene rings is 2. The van der Waals surface area contributed by atoms with Gasteiger partial charge in [0.1, 0.15) is 6.61 Å². The molecule has 0 bridgehead atoms.